The molecular weight excluding hydrogens is 532 g/mol. The molecule has 0 spiro atoms. The molecule has 0 aliphatic rings. The fourth-order valence-corrected chi connectivity index (χ4v) is 3.52. The third-order valence-corrected chi connectivity index (χ3v) is 7.38. The standard InChI is InChI=1S/C12H24O.C12H20O.C9H18O.C6H12O/c1-6-10(4)7-11(5)8-12(13)9(2)3;1-4-5-6-7-8-9-10-12(13)11(2)3;1-5-8(4)6-9(10)7(2)3;1-4-6(7)5(2)3/h9-11H,6-8H2,1-5H3;5-6,8-9,11H,4,7,10H2,1-3H3;7-8H,5-6H2,1-4H3;5H,4H2,1-3H3/b;6-5-,9-8-;;. The fourth-order valence-electron chi connectivity index (χ4n) is 3.52. The van der Waals surface area contributed by atoms with Gasteiger partial charge in [-0.15, -0.1) is 0 Å². The number of rotatable bonds is 18. The van der Waals surface area contributed by atoms with Crippen LogP contribution in [0.4, 0.5) is 0 Å². The van der Waals surface area contributed by atoms with Crippen LogP contribution in [0.25, 0.3) is 0 Å². The largest absolute Gasteiger partial charge is 0.299 e. The predicted molar refractivity (Wildman–Crippen MR) is 189 cm³/mol. The molecule has 0 rings (SSSR count). The van der Waals surface area contributed by atoms with E-state index in [1.807, 2.05) is 74.5 Å². The van der Waals surface area contributed by atoms with E-state index in [4.69, 9.17) is 0 Å². The topological polar surface area (TPSA) is 68.3 Å². The van der Waals surface area contributed by atoms with Crippen LogP contribution in [0.3, 0.4) is 0 Å². The number of carbonyl (C=O) groups is 4. The second-order valence-corrected chi connectivity index (χ2v) is 13.4. The summed E-state index contributed by atoms with van der Waals surface area (Å²) in [7, 11) is 0. The number of hydrogen-bond acceptors (Lipinski definition) is 4. The normalized spacial score (nSPS) is 13.2. The van der Waals surface area contributed by atoms with Crippen molar-refractivity contribution in [3.05, 3.63) is 24.3 Å². The molecular formula is C39H74O4. The number of ketones is 4. The van der Waals surface area contributed by atoms with Gasteiger partial charge in [0.2, 0.25) is 0 Å². The van der Waals surface area contributed by atoms with E-state index in [1.54, 1.807) is 0 Å². The van der Waals surface area contributed by atoms with E-state index < -0.39 is 0 Å². The molecule has 0 fully saturated rings. The molecule has 0 aromatic rings. The summed E-state index contributed by atoms with van der Waals surface area (Å²) in [5.41, 5.74) is 0. The van der Waals surface area contributed by atoms with Crippen LogP contribution in [0.1, 0.15) is 162 Å². The monoisotopic (exact) mass is 607 g/mol. The molecule has 0 aliphatic carbocycles. The smallest absolute Gasteiger partial charge is 0.139 e. The van der Waals surface area contributed by atoms with Crippen molar-refractivity contribution in [3.8, 4) is 0 Å². The summed E-state index contributed by atoms with van der Waals surface area (Å²) in [5.74, 6) is 4.17. The maximum absolute atomic E-state index is 11.4. The van der Waals surface area contributed by atoms with Crippen LogP contribution in [0.5, 0.6) is 0 Å². The molecule has 3 unspecified atom stereocenters. The first-order valence-electron chi connectivity index (χ1n) is 17.3. The van der Waals surface area contributed by atoms with Gasteiger partial charge in [-0.25, -0.2) is 0 Å². The van der Waals surface area contributed by atoms with Crippen molar-refractivity contribution in [1.29, 1.82) is 0 Å². The molecule has 43 heavy (non-hydrogen) atoms. The zero-order valence-electron chi connectivity index (χ0n) is 31.3. The van der Waals surface area contributed by atoms with Gasteiger partial charge in [-0.05, 0) is 37.0 Å². The van der Waals surface area contributed by atoms with Crippen LogP contribution in [0, 0.1) is 41.4 Å². The van der Waals surface area contributed by atoms with Gasteiger partial charge in [0.05, 0.1) is 0 Å². The third kappa shape index (κ3) is 36.3. The van der Waals surface area contributed by atoms with Crippen LogP contribution in [-0.4, -0.2) is 23.1 Å². The van der Waals surface area contributed by atoms with Gasteiger partial charge >= 0.3 is 0 Å². The van der Waals surface area contributed by atoms with Gasteiger partial charge in [0, 0.05) is 49.4 Å². The Morgan fingerprint density at radius 2 is 0.860 bits per heavy atom. The Bertz CT molecular complexity index is 755. The highest BCUT2D eigenvalue weighted by atomic mass is 16.1. The Morgan fingerprint density at radius 1 is 0.465 bits per heavy atom. The molecule has 0 amide bonds. The number of allylic oxidation sites excluding steroid dienone is 4. The first-order chi connectivity index (χ1) is 19.9. The SMILES string of the molecule is CC/C=C\C/C=C\CC(=O)C(C)C.CCC(=O)C(C)C.CCC(C)CC(=O)C(C)C.CCC(C)CC(C)CC(=O)C(C)C. The molecule has 0 N–H and O–H groups in total. The highest BCUT2D eigenvalue weighted by Crippen LogP contribution is 2.19. The van der Waals surface area contributed by atoms with E-state index in [0.29, 0.717) is 47.8 Å². The molecule has 0 aliphatic heterocycles. The minimum absolute atomic E-state index is 0.163. The molecule has 0 heterocycles. The Kier molecular flexibility index (Phi) is 35.3. The van der Waals surface area contributed by atoms with Crippen LogP contribution in [0.15, 0.2) is 24.3 Å². The predicted octanol–water partition coefficient (Wildman–Crippen LogP) is 11.5. The second kappa shape index (κ2) is 31.6. The molecule has 0 aromatic heterocycles. The Balaban J connectivity index is -0.000000242. The van der Waals surface area contributed by atoms with Gasteiger partial charge in [-0.3, -0.25) is 19.2 Å². The first-order valence-corrected chi connectivity index (χ1v) is 17.3. The Morgan fingerprint density at radius 3 is 1.19 bits per heavy atom. The van der Waals surface area contributed by atoms with Crippen molar-refractivity contribution in [3.63, 3.8) is 0 Å². The van der Waals surface area contributed by atoms with Crippen molar-refractivity contribution < 1.29 is 19.2 Å². The van der Waals surface area contributed by atoms with E-state index in [0.717, 1.165) is 38.0 Å². The first kappa shape index (κ1) is 48.1. The van der Waals surface area contributed by atoms with Crippen molar-refractivity contribution in [2.75, 3.05) is 0 Å². The molecule has 3 atom stereocenters. The molecule has 254 valence electrons. The molecule has 0 bridgehead atoms. The lowest BCUT2D eigenvalue weighted by atomic mass is 9.89. The summed E-state index contributed by atoms with van der Waals surface area (Å²) >= 11 is 0. The summed E-state index contributed by atoms with van der Waals surface area (Å²) in [6.45, 7) is 30.5. The van der Waals surface area contributed by atoms with Crippen molar-refractivity contribution in [2.45, 2.75) is 162 Å². The Hall–Kier alpha value is -1.84. The maximum Gasteiger partial charge on any atom is 0.139 e. The molecule has 0 radical (unpaired) electrons. The van der Waals surface area contributed by atoms with Gasteiger partial charge in [-0.2, -0.15) is 0 Å². The third-order valence-electron chi connectivity index (χ3n) is 7.38. The van der Waals surface area contributed by atoms with E-state index in [2.05, 4.69) is 53.7 Å². The average molecular weight is 607 g/mol. The van der Waals surface area contributed by atoms with Crippen LogP contribution < -0.4 is 0 Å². The number of carbonyl (C=O) groups excluding carboxylic acids is 4. The lowest BCUT2D eigenvalue weighted by Gasteiger charge is -2.15. The van der Waals surface area contributed by atoms with Crippen LogP contribution in [0.2, 0.25) is 0 Å². The van der Waals surface area contributed by atoms with Gasteiger partial charge in [0.1, 0.15) is 23.1 Å². The van der Waals surface area contributed by atoms with E-state index >= 15 is 0 Å². The van der Waals surface area contributed by atoms with E-state index in [1.165, 1.54) is 12.8 Å². The minimum atomic E-state index is 0.163. The maximum atomic E-state index is 11.4. The van der Waals surface area contributed by atoms with Crippen molar-refractivity contribution in [2.24, 2.45) is 41.4 Å². The van der Waals surface area contributed by atoms with Crippen molar-refractivity contribution >= 4 is 23.1 Å². The van der Waals surface area contributed by atoms with Gasteiger partial charge in [0.15, 0.2) is 0 Å². The molecule has 4 heteroatoms. The summed E-state index contributed by atoms with van der Waals surface area (Å²) in [6.07, 6.45) is 16.6. The highest BCUT2D eigenvalue weighted by Gasteiger charge is 2.14. The van der Waals surface area contributed by atoms with Gasteiger partial charge < -0.3 is 0 Å². The minimum Gasteiger partial charge on any atom is -0.299 e. The number of Topliss-reactive ketones (excluding diaryl/α,β-unsaturated/α-hetero) is 4. The van der Waals surface area contributed by atoms with E-state index in [-0.39, 0.29) is 23.7 Å². The van der Waals surface area contributed by atoms with Crippen LogP contribution >= 0.6 is 0 Å². The summed E-state index contributed by atoms with van der Waals surface area (Å²) in [6, 6.07) is 0. The zero-order valence-corrected chi connectivity index (χ0v) is 31.3. The molecule has 4 nitrogen and oxygen atoms in total. The Labute approximate surface area is 269 Å². The average Bonchev–Trinajstić information content (AvgIpc) is 2.94. The molecule has 0 saturated heterocycles. The van der Waals surface area contributed by atoms with Crippen molar-refractivity contribution in [1.82, 2.24) is 0 Å². The fraction of sp³-hybridized carbons (Fsp3) is 0.795. The summed E-state index contributed by atoms with van der Waals surface area (Å²) in [5, 5.41) is 0. The van der Waals surface area contributed by atoms with Gasteiger partial charge in [0.25, 0.3) is 0 Å². The zero-order chi connectivity index (χ0) is 34.5. The lowest BCUT2D eigenvalue weighted by molar-refractivity contribution is -0.123. The summed E-state index contributed by atoms with van der Waals surface area (Å²) < 4.78 is 0. The summed E-state index contributed by atoms with van der Waals surface area (Å²) in [4.78, 5) is 44.2. The molecule has 0 saturated carbocycles. The lowest BCUT2D eigenvalue weighted by Crippen LogP contribution is -2.13. The second-order valence-electron chi connectivity index (χ2n) is 13.4. The van der Waals surface area contributed by atoms with Crippen LogP contribution in [-0.2, 0) is 19.2 Å². The highest BCUT2D eigenvalue weighted by molar-refractivity contribution is 5.82. The van der Waals surface area contributed by atoms with E-state index in [9.17, 15) is 19.2 Å². The molecule has 0 aromatic carbocycles. The number of hydrogen-bond donors (Lipinski definition) is 0. The quantitative estimate of drug-likeness (QED) is 0.146. The van der Waals surface area contributed by atoms with Gasteiger partial charge in [-0.1, -0.05) is 141 Å².